The molecule has 0 N–H and O–H groups in total. The normalized spacial score (nSPS) is 21.7. The topological polar surface area (TPSA) is 48.0 Å². The summed E-state index contributed by atoms with van der Waals surface area (Å²) in [4.78, 5) is 16.8. The molecule has 0 aromatic heterocycles. The lowest BCUT2D eigenvalue weighted by atomic mass is 9.58. The Morgan fingerprint density at radius 3 is 1.87 bits per heavy atom. The Morgan fingerprint density at radius 1 is 0.696 bits per heavy atom. The highest BCUT2D eigenvalue weighted by Gasteiger charge is 2.69. The molecule has 1 atom stereocenters. The Balaban J connectivity index is 1.38. The molecule has 5 nitrogen and oxygen atoms in total. The largest absolute Gasteiger partial charge is 0.447 e. The van der Waals surface area contributed by atoms with Gasteiger partial charge in [-0.2, -0.15) is 0 Å². The van der Waals surface area contributed by atoms with Crippen LogP contribution in [0.5, 0.6) is 11.5 Å². The third-order valence-corrected chi connectivity index (χ3v) is 11.1. The summed E-state index contributed by atoms with van der Waals surface area (Å²) in [5, 5.41) is 4.28. The summed E-state index contributed by atoms with van der Waals surface area (Å²) in [7, 11) is 2.16. The van der Waals surface area contributed by atoms with Crippen molar-refractivity contribution in [2.45, 2.75) is 52.0 Å². The van der Waals surface area contributed by atoms with Crippen LogP contribution in [-0.2, 0) is 9.53 Å². The number of benzene rings is 5. The SMILES string of the molecule is CCCC1=C2c3ccccc3N(C)C2(C)C(C)(C)C2=C1C(=O)OC21Oc2ccc3ccccc3c2-c2c(ccc3ccccc23)O1. The number of fused-ring (bicyclic) bond motifs is 11. The molecule has 0 bridgehead atoms. The standard InChI is InChI=1S/C41H35NO4/c1-6-13-29-35-37(39(2,3)40(4)36(29)28-18-11-12-19-30(28)42(40)5)41(46-38(35)43)44-31-22-20-24-14-7-9-16-26(24)33(31)34-27-17-10-8-15-25(27)21-23-32(34)45-41/h7-12,14-23H,6,13H2,1-5H3. The second kappa shape index (κ2) is 9.03. The highest BCUT2D eigenvalue weighted by Crippen LogP contribution is 2.66. The summed E-state index contributed by atoms with van der Waals surface area (Å²) in [6, 6.07) is 33.3. The lowest BCUT2D eigenvalue weighted by Gasteiger charge is -2.53. The van der Waals surface area contributed by atoms with Crippen molar-refractivity contribution in [3.63, 3.8) is 0 Å². The van der Waals surface area contributed by atoms with Crippen LogP contribution in [0, 0.1) is 5.41 Å². The number of carbonyl (C=O) groups is 1. The molecular formula is C41H35NO4. The van der Waals surface area contributed by atoms with Gasteiger partial charge in [0.25, 0.3) is 0 Å². The molecule has 0 saturated carbocycles. The van der Waals surface area contributed by atoms with Gasteiger partial charge in [0, 0.05) is 34.8 Å². The monoisotopic (exact) mass is 605 g/mol. The zero-order valence-electron chi connectivity index (χ0n) is 26.7. The van der Waals surface area contributed by atoms with Crippen LogP contribution in [0.4, 0.5) is 5.69 Å². The van der Waals surface area contributed by atoms with Crippen molar-refractivity contribution in [3.8, 4) is 22.6 Å². The van der Waals surface area contributed by atoms with E-state index in [1.54, 1.807) is 0 Å². The first-order valence-corrected chi connectivity index (χ1v) is 16.2. The van der Waals surface area contributed by atoms with Gasteiger partial charge in [-0.15, -0.1) is 0 Å². The molecule has 0 radical (unpaired) electrons. The number of likely N-dealkylation sites (N-methyl/N-ethyl adjacent to an activating group) is 1. The van der Waals surface area contributed by atoms with Crippen molar-refractivity contribution in [1.29, 1.82) is 0 Å². The minimum Gasteiger partial charge on any atom is -0.416 e. The van der Waals surface area contributed by atoms with Gasteiger partial charge in [-0.3, -0.25) is 0 Å². The summed E-state index contributed by atoms with van der Waals surface area (Å²) in [5.41, 5.74) is 6.55. The Kier molecular flexibility index (Phi) is 5.36. The lowest BCUT2D eigenvalue weighted by molar-refractivity contribution is -0.255. The molecule has 1 spiro atoms. The summed E-state index contributed by atoms with van der Waals surface area (Å²) in [5.74, 6) is -0.971. The number of carbonyl (C=O) groups excluding carboxylic acids is 1. The van der Waals surface area contributed by atoms with Crippen LogP contribution >= 0.6 is 0 Å². The molecule has 3 heterocycles. The number of ether oxygens (including phenoxy) is 3. The third kappa shape index (κ3) is 3.18. The van der Waals surface area contributed by atoms with E-state index in [0.29, 0.717) is 17.1 Å². The molecule has 5 aromatic carbocycles. The molecule has 3 aliphatic heterocycles. The molecule has 0 amide bonds. The van der Waals surface area contributed by atoms with Crippen molar-refractivity contribution >= 4 is 38.8 Å². The van der Waals surface area contributed by atoms with E-state index in [1.165, 1.54) is 11.1 Å². The first-order valence-electron chi connectivity index (χ1n) is 16.2. The zero-order chi connectivity index (χ0) is 31.6. The quantitative estimate of drug-likeness (QED) is 0.188. The van der Waals surface area contributed by atoms with E-state index in [1.807, 2.05) is 36.4 Å². The molecule has 4 aliphatic rings. The minimum atomic E-state index is -1.80. The van der Waals surface area contributed by atoms with Crippen molar-refractivity contribution < 1.29 is 19.0 Å². The second-order valence-corrected chi connectivity index (χ2v) is 13.6. The average molecular weight is 606 g/mol. The summed E-state index contributed by atoms with van der Waals surface area (Å²) < 4.78 is 20.7. The van der Waals surface area contributed by atoms with Crippen LogP contribution in [0.25, 0.3) is 38.2 Å². The second-order valence-electron chi connectivity index (χ2n) is 13.6. The number of para-hydroxylation sites is 1. The van der Waals surface area contributed by atoms with E-state index >= 15 is 0 Å². The number of anilines is 1. The summed E-state index contributed by atoms with van der Waals surface area (Å²) >= 11 is 0. The van der Waals surface area contributed by atoms with E-state index < -0.39 is 22.9 Å². The summed E-state index contributed by atoms with van der Waals surface area (Å²) in [6.45, 7) is 8.86. The maximum Gasteiger partial charge on any atom is 0.447 e. The van der Waals surface area contributed by atoms with Gasteiger partial charge in [0.1, 0.15) is 11.5 Å². The highest BCUT2D eigenvalue weighted by molar-refractivity contribution is 6.11. The van der Waals surface area contributed by atoms with Crippen molar-refractivity contribution in [3.05, 3.63) is 119 Å². The van der Waals surface area contributed by atoms with Gasteiger partial charge >= 0.3 is 11.9 Å². The first-order chi connectivity index (χ1) is 22.2. The van der Waals surface area contributed by atoms with Gasteiger partial charge in [0.2, 0.25) is 0 Å². The van der Waals surface area contributed by atoms with Crippen molar-refractivity contribution in [1.82, 2.24) is 0 Å². The smallest absolute Gasteiger partial charge is 0.416 e. The number of hydrogen-bond acceptors (Lipinski definition) is 5. The molecular weight excluding hydrogens is 570 g/mol. The lowest BCUT2D eigenvalue weighted by Crippen LogP contribution is -2.60. The number of hydrogen-bond donors (Lipinski definition) is 0. The van der Waals surface area contributed by atoms with Gasteiger partial charge in [0.15, 0.2) is 0 Å². The Bertz CT molecular complexity index is 2150. The van der Waals surface area contributed by atoms with E-state index in [4.69, 9.17) is 14.2 Å². The third-order valence-electron chi connectivity index (χ3n) is 11.1. The molecule has 0 saturated heterocycles. The van der Waals surface area contributed by atoms with Crippen molar-refractivity contribution in [2.75, 3.05) is 11.9 Å². The molecule has 228 valence electrons. The predicted molar refractivity (Wildman–Crippen MR) is 183 cm³/mol. The molecule has 5 heteroatoms. The first kappa shape index (κ1) is 27.3. The predicted octanol–water partition coefficient (Wildman–Crippen LogP) is 9.44. The van der Waals surface area contributed by atoms with Gasteiger partial charge in [-0.1, -0.05) is 106 Å². The van der Waals surface area contributed by atoms with Gasteiger partial charge in [-0.05, 0) is 64.2 Å². The molecule has 1 unspecified atom stereocenters. The van der Waals surface area contributed by atoms with E-state index in [0.717, 1.165) is 62.3 Å². The van der Waals surface area contributed by atoms with Crippen LogP contribution in [0.1, 0.15) is 46.1 Å². The van der Waals surface area contributed by atoms with E-state index in [-0.39, 0.29) is 0 Å². The summed E-state index contributed by atoms with van der Waals surface area (Å²) in [6.07, 6.45) is 1.61. The van der Waals surface area contributed by atoms with Crippen LogP contribution < -0.4 is 14.4 Å². The van der Waals surface area contributed by atoms with Gasteiger partial charge in [-0.25, -0.2) is 4.79 Å². The minimum absolute atomic E-state index is 0.403. The van der Waals surface area contributed by atoms with E-state index in [2.05, 4.69) is 100 Å². The zero-order valence-corrected chi connectivity index (χ0v) is 26.7. The molecule has 1 aliphatic carbocycles. The Labute approximate surface area is 268 Å². The van der Waals surface area contributed by atoms with Gasteiger partial charge in [0.05, 0.1) is 16.7 Å². The van der Waals surface area contributed by atoms with Crippen LogP contribution in [0.2, 0.25) is 0 Å². The maximum atomic E-state index is 14.4. The molecule has 0 fully saturated rings. The Morgan fingerprint density at radius 2 is 1.26 bits per heavy atom. The van der Waals surface area contributed by atoms with Gasteiger partial charge < -0.3 is 19.1 Å². The number of esters is 1. The van der Waals surface area contributed by atoms with Crippen molar-refractivity contribution in [2.24, 2.45) is 5.41 Å². The fourth-order valence-electron chi connectivity index (χ4n) is 8.80. The fourth-order valence-corrected chi connectivity index (χ4v) is 8.80. The van der Waals surface area contributed by atoms with Crippen LogP contribution in [-0.4, -0.2) is 24.5 Å². The van der Waals surface area contributed by atoms with Crippen LogP contribution in [0.15, 0.2) is 114 Å². The number of rotatable bonds is 2. The molecule has 5 aromatic rings. The maximum absolute atomic E-state index is 14.4. The van der Waals surface area contributed by atoms with E-state index in [9.17, 15) is 4.79 Å². The number of nitrogens with zero attached hydrogens (tertiary/aromatic N) is 1. The Hall–Kier alpha value is -5.03. The van der Waals surface area contributed by atoms with Crippen LogP contribution in [0.3, 0.4) is 0 Å². The average Bonchev–Trinajstić information content (AvgIpc) is 3.41. The fraction of sp³-hybridized carbons (Fsp3) is 0.244. The molecule has 46 heavy (non-hydrogen) atoms. The highest BCUT2D eigenvalue weighted by atomic mass is 16.9. The molecule has 9 rings (SSSR count).